The fourth-order valence-corrected chi connectivity index (χ4v) is 4.08. The quantitative estimate of drug-likeness (QED) is 0.256. The second-order valence-electron chi connectivity index (χ2n) is 9.28. The van der Waals surface area contributed by atoms with Gasteiger partial charge in [0.25, 0.3) is 5.56 Å². The van der Waals surface area contributed by atoms with Gasteiger partial charge in [0.1, 0.15) is 24.1 Å². The lowest BCUT2D eigenvalue weighted by Gasteiger charge is -2.16. The van der Waals surface area contributed by atoms with Crippen molar-refractivity contribution in [3.8, 4) is 0 Å². The number of Topliss-reactive ketones (excluding diaryl/α,β-unsaturated/α-hetero) is 1. The highest BCUT2D eigenvalue weighted by Crippen LogP contribution is 2.27. The van der Waals surface area contributed by atoms with E-state index in [0.29, 0.717) is 5.78 Å². The maximum Gasteiger partial charge on any atom is 0.330 e. The van der Waals surface area contributed by atoms with Crippen LogP contribution in [-0.4, -0.2) is 55.6 Å². The number of nitrogens with one attached hydrogen (secondary N) is 1. The molecule has 4 atom stereocenters. The van der Waals surface area contributed by atoms with E-state index in [1.165, 1.54) is 70.6 Å². The second kappa shape index (κ2) is 18.5. The third-order valence-corrected chi connectivity index (χ3v) is 6.35. The number of nitrogens with zero attached hydrogens (tertiary/aromatic N) is 1. The average Bonchev–Trinajstić information content (AvgIpc) is 3.13. The standard InChI is InChI=1S/C17H34O.C9H12N2O6/c1-3-5-6-7-8-9-10-11-12-13-14-15-16-17(18)4-2;12-3-4-6(14)7(15)8(17-4)11-2-1-5(13)10-9(11)16/h3-16H2,1-2H3;1-2,4,6-8,12,14-15H,3H2,(H,10,13,16)/t;4-,6-,7-,8-/m.1/s1. The number of carbonyl (C=O) groups excluding carboxylic acids is 1. The summed E-state index contributed by atoms with van der Waals surface area (Å²) >= 11 is 0. The van der Waals surface area contributed by atoms with Crippen molar-refractivity contribution in [2.75, 3.05) is 6.61 Å². The zero-order valence-electron chi connectivity index (χ0n) is 21.5. The second-order valence-corrected chi connectivity index (χ2v) is 9.28. The Morgan fingerprint density at radius 2 is 1.46 bits per heavy atom. The van der Waals surface area contributed by atoms with Crippen LogP contribution in [0.25, 0.3) is 0 Å². The van der Waals surface area contributed by atoms with E-state index < -0.39 is 42.4 Å². The minimum atomic E-state index is -1.35. The van der Waals surface area contributed by atoms with Gasteiger partial charge in [-0.05, 0) is 6.42 Å². The summed E-state index contributed by atoms with van der Waals surface area (Å²) in [5, 5.41) is 28.1. The van der Waals surface area contributed by atoms with Crippen LogP contribution in [0.1, 0.15) is 110 Å². The lowest BCUT2D eigenvalue weighted by molar-refractivity contribution is -0.118. The number of aromatic nitrogens is 2. The van der Waals surface area contributed by atoms with Gasteiger partial charge in [0.2, 0.25) is 0 Å². The fourth-order valence-electron chi connectivity index (χ4n) is 4.08. The molecule has 202 valence electrons. The van der Waals surface area contributed by atoms with Gasteiger partial charge in [-0.15, -0.1) is 0 Å². The van der Waals surface area contributed by atoms with Gasteiger partial charge in [0.15, 0.2) is 6.23 Å². The summed E-state index contributed by atoms with van der Waals surface area (Å²) in [6.07, 6.45) is 14.3. The highest BCUT2D eigenvalue weighted by atomic mass is 16.6. The molecule has 1 saturated heterocycles. The van der Waals surface area contributed by atoms with Crippen LogP contribution in [0.2, 0.25) is 0 Å². The Morgan fingerprint density at radius 1 is 0.914 bits per heavy atom. The van der Waals surface area contributed by atoms with Gasteiger partial charge in [-0.1, -0.05) is 84.5 Å². The minimum Gasteiger partial charge on any atom is -0.394 e. The van der Waals surface area contributed by atoms with Gasteiger partial charge in [-0.25, -0.2) is 4.79 Å². The Morgan fingerprint density at radius 3 is 1.91 bits per heavy atom. The van der Waals surface area contributed by atoms with Crippen LogP contribution in [0, 0.1) is 0 Å². The van der Waals surface area contributed by atoms with Crippen LogP contribution in [0.3, 0.4) is 0 Å². The fraction of sp³-hybridized carbons (Fsp3) is 0.808. The number of hydrogen-bond acceptors (Lipinski definition) is 7. The van der Waals surface area contributed by atoms with Crippen molar-refractivity contribution in [1.82, 2.24) is 9.55 Å². The number of ketones is 1. The molecule has 1 aliphatic rings. The van der Waals surface area contributed by atoms with Crippen molar-refractivity contribution in [3.05, 3.63) is 33.1 Å². The largest absolute Gasteiger partial charge is 0.394 e. The molecule has 35 heavy (non-hydrogen) atoms. The number of aromatic amines is 1. The lowest BCUT2D eigenvalue weighted by atomic mass is 10.0. The Labute approximate surface area is 208 Å². The Balaban J connectivity index is 0.000000350. The van der Waals surface area contributed by atoms with Crippen LogP contribution < -0.4 is 11.2 Å². The number of rotatable bonds is 16. The highest BCUT2D eigenvalue weighted by Gasteiger charge is 2.43. The zero-order chi connectivity index (χ0) is 26.1. The number of carbonyl (C=O) groups is 1. The van der Waals surface area contributed by atoms with E-state index >= 15 is 0 Å². The predicted octanol–water partition coefficient (Wildman–Crippen LogP) is 3.20. The number of hydrogen-bond donors (Lipinski definition) is 4. The van der Waals surface area contributed by atoms with Gasteiger partial charge in [-0.3, -0.25) is 19.1 Å². The number of ether oxygens (including phenoxy) is 1. The van der Waals surface area contributed by atoms with Crippen molar-refractivity contribution in [2.45, 2.75) is 128 Å². The average molecular weight is 499 g/mol. The molecular formula is C26H46N2O7. The van der Waals surface area contributed by atoms with Gasteiger partial charge >= 0.3 is 5.69 Å². The van der Waals surface area contributed by atoms with Crippen LogP contribution in [0.15, 0.2) is 21.9 Å². The molecule has 9 heteroatoms. The molecule has 4 N–H and O–H groups in total. The predicted molar refractivity (Wildman–Crippen MR) is 135 cm³/mol. The third kappa shape index (κ3) is 12.1. The highest BCUT2D eigenvalue weighted by molar-refractivity contribution is 5.77. The van der Waals surface area contributed by atoms with Gasteiger partial charge in [-0.2, -0.15) is 0 Å². The molecule has 0 aliphatic carbocycles. The first-order valence-corrected chi connectivity index (χ1v) is 13.3. The van der Waals surface area contributed by atoms with E-state index in [4.69, 9.17) is 9.84 Å². The zero-order valence-corrected chi connectivity index (χ0v) is 21.5. The van der Waals surface area contributed by atoms with Crippen molar-refractivity contribution >= 4 is 5.78 Å². The summed E-state index contributed by atoms with van der Waals surface area (Å²) in [6.45, 7) is 3.75. The summed E-state index contributed by atoms with van der Waals surface area (Å²) in [5.74, 6) is 0.432. The van der Waals surface area contributed by atoms with Crippen LogP contribution >= 0.6 is 0 Å². The van der Waals surface area contributed by atoms with E-state index in [9.17, 15) is 24.6 Å². The van der Waals surface area contributed by atoms with Gasteiger partial charge < -0.3 is 20.1 Å². The molecule has 2 heterocycles. The SMILES string of the molecule is CCCCCCCCCCCCCCC(=O)CC.O=c1ccn([C@@H]2O[C@H](CO)[C@@H](O)[C@H]2O)c(=O)[nH]1. The van der Waals surface area contributed by atoms with Crippen molar-refractivity contribution in [2.24, 2.45) is 0 Å². The molecule has 0 amide bonds. The Bertz CT molecular complexity index is 807. The normalized spacial score (nSPS) is 21.5. The summed E-state index contributed by atoms with van der Waals surface area (Å²) in [6, 6.07) is 1.09. The van der Waals surface area contributed by atoms with Crippen LogP contribution in [0.5, 0.6) is 0 Å². The first-order valence-electron chi connectivity index (χ1n) is 13.3. The smallest absolute Gasteiger partial charge is 0.330 e. The van der Waals surface area contributed by atoms with Gasteiger partial charge in [0, 0.05) is 25.1 Å². The summed E-state index contributed by atoms with van der Waals surface area (Å²) in [4.78, 5) is 35.4. The monoisotopic (exact) mass is 498 g/mol. The molecule has 1 fully saturated rings. The Hall–Kier alpha value is -1.81. The van der Waals surface area contributed by atoms with E-state index in [1.54, 1.807) is 0 Å². The molecule has 9 nitrogen and oxygen atoms in total. The topological polar surface area (TPSA) is 142 Å². The lowest BCUT2D eigenvalue weighted by Crippen LogP contribution is -2.37. The van der Waals surface area contributed by atoms with E-state index in [1.807, 2.05) is 11.9 Å². The van der Waals surface area contributed by atoms with E-state index in [-0.39, 0.29) is 0 Å². The first-order chi connectivity index (χ1) is 16.8. The Kier molecular flexibility index (Phi) is 16.5. The molecule has 0 unspecified atom stereocenters. The number of unbranched alkanes of at least 4 members (excludes halogenated alkanes) is 11. The molecule has 1 aliphatic heterocycles. The van der Waals surface area contributed by atoms with Crippen LogP contribution in [-0.2, 0) is 9.53 Å². The molecule has 1 aromatic rings. The van der Waals surface area contributed by atoms with Crippen molar-refractivity contribution in [3.63, 3.8) is 0 Å². The van der Waals surface area contributed by atoms with Crippen LogP contribution in [0.4, 0.5) is 0 Å². The molecular weight excluding hydrogens is 452 g/mol. The van der Waals surface area contributed by atoms with Gasteiger partial charge in [0.05, 0.1) is 6.61 Å². The van der Waals surface area contributed by atoms with Crippen molar-refractivity contribution in [1.29, 1.82) is 0 Å². The summed E-state index contributed by atoms with van der Waals surface area (Å²) < 4.78 is 6.08. The summed E-state index contributed by atoms with van der Waals surface area (Å²) in [7, 11) is 0. The maximum atomic E-state index is 11.4. The van der Waals surface area contributed by atoms with E-state index in [0.717, 1.165) is 36.1 Å². The molecule has 0 aromatic carbocycles. The number of aliphatic hydroxyl groups is 3. The molecule has 0 spiro atoms. The molecule has 1 aromatic heterocycles. The molecule has 0 saturated carbocycles. The first kappa shape index (κ1) is 31.2. The molecule has 2 rings (SSSR count). The number of aliphatic hydroxyl groups excluding tert-OH is 3. The van der Waals surface area contributed by atoms with E-state index in [2.05, 4.69) is 6.92 Å². The minimum absolute atomic E-state index is 0.432. The molecule has 0 radical (unpaired) electrons. The third-order valence-electron chi connectivity index (χ3n) is 6.35. The van der Waals surface area contributed by atoms with Crippen molar-refractivity contribution < 1.29 is 24.9 Å². The molecule has 0 bridgehead atoms. The number of H-pyrrole nitrogens is 1. The summed E-state index contributed by atoms with van der Waals surface area (Å²) in [5.41, 5.74) is -1.33. The maximum absolute atomic E-state index is 11.4.